The van der Waals surface area contributed by atoms with Crippen molar-refractivity contribution in [3.05, 3.63) is 27.1 Å². The van der Waals surface area contributed by atoms with Gasteiger partial charge in [-0.05, 0) is 34.7 Å². The van der Waals surface area contributed by atoms with Gasteiger partial charge in [-0.3, -0.25) is 0 Å². The van der Waals surface area contributed by atoms with Crippen LogP contribution < -0.4 is 4.74 Å². The van der Waals surface area contributed by atoms with E-state index < -0.39 is 11.8 Å². The van der Waals surface area contributed by atoms with Crippen molar-refractivity contribution in [3.63, 3.8) is 0 Å². The highest BCUT2D eigenvalue weighted by atomic mass is 127. The van der Waals surface area contributed by atoms with Crippen LogP contribution in [0.5, 0.6) is 5.75 Å². The first-order valence-corrected chi connectivity index (χ1v) is 4.80. The van der Waals surface area contributed by atoms with Gasteiger partial charge in [0.2, 0.25) is 0 Å². The molecule has 0 aromatic heterocycles. The Hall–Kier alpha value is -0.850. The molecule has 0 saturated carbocycles. The van der Waals surface area contributed by atoms with Crippen LogP contribution in [0.25, 0.3) is 0 Å². The van der Waals surface area contributed by atoms with Crippen molar-refractivity contribution >= 4 is 28.6 Å². The summed E-state index contributed by atoms with van der Waals surface area (Å²) in [5, 5.41) is 0. The van der Waals surface area contributed by atoms with Crippen LogP contribution in [-0.2, 0) is 4.74 Å². The van der Waals surface area contributed by atoms with Gasteiger partial charge in [-0.2, -0.15) is 0 Å². The Kier molecular flexibility index (Phi) is 3.68. The van der Waals surface area contributed by atoms with Crippen molar-refractivity contribution in [1.29, 1.82) is 0 Å². The number of rotatable bonds is 2. The van der Waals surface area contributed by atoms with E-state index in [0.717, 1.165) is 0 Å². The highest BCUT2D eigenvalue weighted by Gasteiger charge is 2.19. The van der Waals surface area contributed by atoms with Gasteiger partial charge in [-0.1, -0.05) is 0 Å². The summed E-state index contributed by atoms with van der Waals surface area (Å²) in [6, 6.07) is 3.05. The van der Waals surface area contributed by atoms with Crippen LogP contribution in [0.4, 0.5) is 4.39 Å². The minimum atomic E-state index is -0.703. The van der Waals surface area contributed by atoms with Gasteiger partial charge in [0.15, 0.2) is 11.6 Å². The van der Waals surface area contributed by atoms with Gasteiger partial charge in [0.25, 0.3) is 0 Å². The summed E-state index contributed by atoms with van der Waals surface area (Å²) in [5.74, 6) is -1.36. The lowest BCUT2D eigenvalue weighted by atomic mass is 10.2. The molecule has 3 nitrogen and oxygen atoms in total. The SMILES string of the molecule is COC(=O)c1c(I)ccc(OC)c1F. The molecule has 0 aliphatic rings. The quantitative estimate of drug-likeness (QED) is 0.621. The number of hydrogen-bond donors (Lipinski definition) is 0. The third-order valence-electron chi connectivity index (χ3n) is 1.67. The molecule has 0 fully saturated rings. The van der Waals surface area contributed by atoms with Crippen molar-refractivity contribution in [3.8, 4) is 5.75 Å². The fraction of sp³-hybridized carbons (Fsp3) is 0.222. The van der Waals surface area contributed by atoms with Crippen LogP contribution in [0.1, 0.15) is 10.4 Å². The lowest BCUT2D eigenvalue weighted by molar-refractivity contribution is 0.0593. The van der Waals surface area contributed by atoms with Crippen molar-refractivity contribution in [2.45, 2.75) is 0 Å². The normalized spacial score (nSPS) is 9.71. The summed E-state index contributed by atoms with van der Waals surface area (Å²) in [4.78, 5) is 11.2. The predicted molar refractivity (Wildman–Crippen MR) is 57.0 cm³/mol. The Morgan fingerprint density at radius 2 is 2.07 bits per heavy atom. The highest BCUT2D eigenvalue weighted by molar-refractivity contribution is 14.1. The van der Waals surface area contributed by atoms with Gasteiger partial charge in [-0.15, -0.1) is 0 Å². The smallest absolute Gasteiger partial charge is 0.342 e. The van der Waals surface area contributed by atoms with E-state index in [0.29, 0.717) is 3.57 Å². The van der Waals surface area contributed by atoms with Gasteiger partial charge in [0.05, 0.1) is 14.2 Å². The molecule has 5 heteroatoms. The van der Waals surface area contributed by atoms with Crippen molar-refractivity contribution in [2.24, 2.45) is 0 Å². The van der Waals surface area contributed by atoms with Gasteiger partial charge in [0.1, 0.15) is 5.56 Å². The third kappa shape index (κ3) is 1.97. The number of hydrogen-bond acceptors (Lipinski definition) is 3. The van der Waals surface area contributed by atoms with Crippen LogP contribution in [0.3, 0.4) is 0 Å². The Bertz CT molecular complexity index is 365. The molecule has 0 aliphatic carbocycles. The summed E-state index contributed by atoms with van der Waals surface area (Å²) in [5.41, 5.74) is -0.0903. The van der Waals surface area contributed by atoms with Crippen LogP contribution in [0.15, 0.2) is 12.1 Å². The highest BCUT2D eigenvalue weighted by Crippen LogP contribution is 2.25. The Labute approximate surface area is 94.3 Å². The lowest BCUT2D eigenvalue weighted by Gasteiger charge is -2.07. The van der Waals surface area contributed by atoms with Crippen LogP contribution in [0, 0.1) is 9.39 Å². The zero-order valence-corrected chi connectivity index (χ0v) is 9.79. The predicted octanol–water partition coefficient (Wildman–Crippen LogP) is 2.23. The van der Waals surface area contributed by atoms with E-state index in [4.69, 9.17) is 4.74 Å². The maximum absolute atomic E-state index is 13.5. The molecule has 14 heavy (non-hydrogen) atoms. The van der Waals surface area contributed by atoms with E-state index in [1.807, 2.05) is 22.6 Å². The van der Waals surface area contributed by atoms with E-state index in [1.54, 1.807) is 6.07 Å². The standard InChI is InChI=1S/C9H8FIO3/c1-13-6-4-3-5(11)7(8(6)10)9(12)14-2/h3-4H,1-2H3. The minimum Gasteiger partial charge on any atom is -0.494 e. The first kappa shape index (κ1) is 11.2. The first-order chi connectivity index (χ1) is 6.61. The van der Waals surface area contributed by atoms with Crippen molar-refractivity contribution in [2.75, 3.05) is 14.2 Å². The number of halogens is 2. The summed E-state index contributed by atoms with van der Waals surface area (Å²) in [6.45, 7) is 0. The number of esters is 1. The van der Waals surface area contributed by atoms with Crippen LogP contribution in [-0.4, -0.2) is 20.2 Å². The molecule has 0 amide bonds. The zero-order valence-electron chi connectivity index (χ0n) is 7.64. The van der Waals surface area contributed by atoms with E-state index in [-0.39, 0.29) is 11.3 Å². The van der Waals surface area contributed by atoms with Gasteiger partial charge >= 0.3 is 5.97 Å². The molecule has 1 aromatic carbocycles. The van der Waals surface area contributed by atoms with Crippen molar-refractivity contribution in [1.82, 2.24) is 0 Å². The molecule has 0 radical (unpaired) electrons. The van der Waals surface area contributed by atoms with Gasteiger partial charge in [0, 0.05) is 3.57 Å². The van der Waals surface area contributed by atoms with E-state index >= 15 is 0 Å². The molecule has 76 valence electrons. The fourth-order valence-corrected chi connectivity index (χ4v) is 1.62. The molecule has 0 saturated heterocycles. The van der Waals surface area contributed by atoms with E-state index in [1.165, 1.54) is 20.3 Å². The summed E-state index contributed by atoms with van der Waals surface area (Å²) in [7, 11) is 2.55. The Morgan fingerprint density at radius 3 is 2.57 bits per heavy atom. The molecule has 0 spiro atoms. The van der Waals surface area contributed by atoms with Crippen LogP contribution >= 0.6 is 22.6 Å². The largest absolute Gasteiger partial charge is 0.494 e. The molecule has 0 atom stereocenters. The second-order valence-electron chi connectivity index (χ2n) is 2.43. The second kappa shape index (κ2) is 4.59. The van der Waals surface area contributed by atoms with E-state index in [2.05, 4.69) is 4.74 Å². The third-order valence-corrected chi connectivity index (χ3v) is 2.56. The molecule has 0 N–H and O–H groups in total. The zero-order chi connectivity index (χ0) is 10.7. The number of ether oxygens (including phenoxy) is 2. The Balaban J connectivity index is 3.32. The summed E-state index contributed by atoms with van der Waals surface area (Å²) in [6.07, 6.45) is 0. The lowest BCUT2D eigenvalue weighted by Crippen LogP contribution is -2.08. The number of methoxy groups -OCH3 is 2. The van der Waals surface area contributed by atoms with Gasteiger partial charge in [-0.25, -0.2) is 9.18 Å². The van der Waals surface area contributed by atoms with Crippen molar-refractivity contribution < 1.29 is 18.7 Å². The molecular formula is C9H8FIO3. The Morgan fingerprint density at radius 1 is 1.43 bits per heavy atom. The maximum atomic E-state index is 13.5. The topological polar surface area (TPSA) is 35.5 Å². The molecule has 1 aromatic rings. The summed E-state index contributed by atoms with van der Waals surface area (Å²) < 4.78 is 23.2. The average molecular weight is 310 g/mol. The summed E-state index contributed by atoms with van der Waals surface area (Å²) >= 11 is 1.86. The molecule has 0 heterocycles. The van der Waals surface area contributed by atoms with Gasteiger partial charge < -0.3 is 9.47 Å². The molecule has 1 rings (SSSR count). The average Bonchev–Trinajstić information content (AvgIpc) is 2.18. The number of carbonyl (C=O) groups is 1. The number of carbonyl (C=O) groups excluding carboxylic acids is 1. The minimum absolute atomic E-state index is 0.0332. The molecule has 0 bridgehead atoms. The second-order valence-corrected chi connectivity index (χ2v) is 3.59. The molecule has 0 unspecified atom stereocenters. The maximum Gasteiger partial charge on any atom is 0.342 e. The van der Waals surface area contributed by atoms with Crippen LogP contribution in [0.2, 0.25) is 0 Å². The monoisotopic (exact) mass is 310 g/mol. The molecular weight excluding hydrogens is 302 g/mol. The molecule has 0 aliphatic heterocycles. The first-order valence-electron chi connectivity index (χ1n) is 3.72. The van der Waals surface area contributed by atoms with E-state index in [9.17, 15) is 9.18 Å². The fourth-order valence-electron chi connectivity index (χ4n) is 0.980. The number of benzene rings is 1.